The number of carboxylic acids is 2. The maximum atomic E-state index is 12.0. The average molecular weight is 362 g/mol. The summed E-state index contributed by atoms with van der Waals surface area (Å²) in [6.07, 6.45) is 0.0831. The van der Waals surface area contributed by atoms with E-state index < -0.39 is 36.2 Å². The van der Waals surface area contributed by atoms with Crippen LogP contribution >= 0.6 is 0 Å². The summed E-state index contributed by atoms with van der Waals surface area (Å²) in [5.41, 5.74) is 0.868. The van der Waals surface area contributed by atoms with Crippen molar-refractivity contribution in [2.24, 2.45) is 0 Å². The van der Waals surface area contributed by atoms with Crippen molar-refractivity contribution in [2.75, 3.05) is 5.32 Å². The highest BCUT2D eigenvalue weighted by atomic mass is 16.4. The minimum atomic E-state index is -1.61. The molecule has 1 aromatic rings. The van der Waals surface area contributed by atoms with E-state index in [9.17, 15) is 24.0 Å². The third-order valence-electron chi connectivity index (χ3n) is 3.25. The first-order chi connectivity index (χ1) is 12.1. The molecule has 0 aliphatic heterocycles. The second-order valence-corrected chi connectivity index (χ2v) is 5.41. The highest BCUT2D eigenvalue weighted by Crippen LogP contribution is 2.11. The molecule has 9 nitrogen and oxygen atoms in total. The maximum absolute atomic E-state index is 12.0. The summed E-state index contributed by atoms with van der Waals surface area (Å²) in [6.45, 7) is 2.75. The first-order valence-corrected chi connectivity index (χ1v) is 7.46. The van der Waals surface area contributed by atoms with Gasteiger partial charge in [0, 0.05) is 22.9 Å². The summed E-state index contributed by atoms with van der Waals surface area (Å²) in [4.78, 5) is 56.5. The monoisotopic (exact) mass is 362 g/mol. The molecular weight excluding hydrogens is 344 g/mol. The van der Waals surface area contributed by atoms with Crippen LogP contribution in [0.3, 0.4) is 0 Å². The van der Waals surface area contributed by atoms with Gasteiger partial charge in [-0.2, -0.15) is 0 Å². The van der Waals surface area contributed by atoms with E-state index in [0.29, 0.717) is 11.3 Å². The van der Waals surface area contributed by atoms with Gasteiger partial charge in [-0.3, -0.25) is 19.2 Å². The van der Waals surface area contributed by atoms with Gasteiger partial charge in [-0.15, -0.1) is 0 Å². The van der Waals surface area contributed by atoms with Crippen molar-refractivity contribution in [2.45, 2.75) is 26.3 Å². The molecule has 1 aromatic carbocycles. The molecule has 0 saturated heterocycles. The molecule has 0 aliphatic rings. The molecule has 0 heterocycles. The van der Waals surface area contributed by atoms with Crippen LogP contribution in [0, 0.1) is 0 Å². The number of aliphatic carboxylic acids is 2. The number of carbonyl (C=O) groups is 5. The van der Waals surface area contributed by atoms with Crippen molar-refractivity contribution in [3.05, 3.63) is 41.5 Å². The molecule has 0 spiro atoms. The second kappa shape index (κ2) is 9.11. The number of hydrogen-bond acceptors (Lipinski definition) is 5. The number of amides is 2. The second-order valence-electron chi connectivity index (χ2n) is 5.41. The van der Waals surface area contributed by atoms with Crippen LogP contribution in [-0.4, -0.2) is 45.8 Å². The van der Waals surface area contributed by atoms with Crippen LogP contribution in [0.1, 0.15) is 30.6 Å². The zero-order valence-corrected chi connectivity index (χ0v) is 14.1. The molecule has 1 unspecified atom stereocenters. The van der Waals surface area contributed by atoms with E-state index in [1.54, 1.807) is 0 Å². The number of carbonyl (C=O) groups excluding carboxylic acids is 3. The van der Waals surface area contributed by atoms with Gasteiger partial charge >= 0.3 is 11.9 Å². The molecule has 1 atom stereocenters. The lowest BCUT2D eigenvalue weighted by Crippen LogP contribution is -2.41. The Morgan fingerprint density at radius 1 is 1.04 bits per heavy atom. The number of Topliss-reactive ketones (excluding diaryl/α,β-unsaturated/α-hetero) is 1. The van der Waals surface area contributed by atoms with Gasteiger partial charge in [-0.05, 0) is 38.1 Å². The molecule has 138 valence electrons. The van der Waals surface area contributed by atoms with E-state index in [0.717, 1.165) is 6.08 Å². The molecule has 0 fully saturated rings. The standard InChI is InChI=1S/C17H18N2O7/c1-9(7-14(21)19-13(17(25)26)8-15(22)23)16(24)18-12-5-3-11(4-6-12)10(2)20/h3-7,13H,8H2,1-2H3,(H,18,24)(H,19,21)(H,22,23)(H,25,26)/b9-7-. The fourth-order valence-electron chi connectivity index (χ4n) is 1.87. The third-order valence-corrected chi connectivity index (χ3v) is 3.25. The maximum Gasteiger partial charge on any atom is 0.326 e. The smallest absolute Gasteiger partial charge is 0.326 e. The minimum Gasteiger partial charge on any atom is -0.481 e. The number of benzene rings is 1. The Labute approximate surface area is 148 Å². The van der Waals surface area contributed by atoms with E-state index in [2.05, 4.69) is 5.32 Å². The number of carboxylic acid groups (broad SMARTS) is 2. The molecule has 4 N–H and O–H groups in total. The van der Waals surface area contributed by atoms with Gasteiger partial charge in [0.15, 0.2) is 5.78 Å². The fraction of sp³-hybridized carbons (Fsp3) is 0.235. The van der Waals surface area contributed by atoms with Gasteiger partial charge < -0.3 is 20.8 Å². The summed E-state index contributed by atoms with van der Waals surface area (Å²) in [5, 5.41) is 22.0. The predicted octanol–water partition coefficient (Wildman–Crippen LogP) is 0.818. The molecule has 0 saturated carbocycles. The average Bonchev–Trinajstić information content (AvgIpc) is 2.53. The number of nitrogens with one attached hydrogen (secondary N) is 2. The summed E-state index contributed by atoms with van der Waals surface area (Å²) < 4.78 is 0. The van der Waals surface area contributed by atoms with Crippen LogP contribution < -0.4 is 10.6 Å². The van der Waals surface area contributed by atoms with Crippen LogP contribution in [0.4, 0.5) is 5.69 Å². The zero-order valence-electron chi connectivity index (χ0n) is 14.1. The summed E-state index contributed by atoms with van der Waals surface area (Å²) >= 11 is 0. The number of rotatable bonds is 8. The van der Waals surface area contributed by atoms with E-state index in [4.69, 9.17) is 10.2 Å². The Morgan fingerprint density at radius 3 is 2.08 bits per heavy atom. The molecule has 0 radical (unpaired) electrons. The normalized spacial score (nSPS) is 12.0. The van der Waals surface area contributed by atoms with E-state index >= 15 is 0 Å². The lowest BCUT2D eigenvalue weighted by Gasteiger charge is -2.11. The van der Waals surface area contributed by atoms with Gasteiger partial charge in [-0.25, -0.2) is 4.79 Å². The molecule has 1 rings (SSSR count). The molecule has 2 amide bonds. The van der Waals surface area contributed by atoms with Crippen LogP contribution in [0.5, 0.6) is 0 Å². The van der Waals surface area contributed by atoms with Crippen LogP contribution in [0.25, 0.3) is 0 Å². The molecule has 26 heavy (non-hydrogen) atoms. The van der Waals surface area contributed by atoms with Crippen LogP contribution in [0.2, 0.25) is 0 Å². The zero-order chi connectivity index (χ0) is 19.9. The molecule has 9 heteroatoms. The highest BCUT2D eigenvalue weighted by Gasteiger charge is 2.22. The van der Waals surface area contributed by atoms with Gasteiger partial charge in [0.25, 0.3) is 5.91 Å². The lowest BCUT2D eigenvalue weighted by molar-refractivity contribution is -0.146. The molecule has 0 bridgehead atoms. The Kier molecular flexibility index (Phi) is 7.20. The Bertz CT molecular complexity index is 766. The van der Waals surface area contributed by atoms with Crippen LogP contribution in [0.15, 0.2) is 35.9 Å². The third kappa shape index (κ3) is 6.56. The first-order valence-electron chi connectivity index (χ1n) is 7.46. The van der Waals surface area contributed by atoms with Crippen molar-refractivity contribution >= 4 is 35.2 Å². The van der Waals surface area contributed by atoms with E-state index in [-0.39, 0.29) is 11.4 Å². The number of hydrogen-bond donors (Lipinski definition) is 4. The van der Waals surface area contributed by atoms with Crippen molar-refractivity contribution in [3.63, 3.8) is 0 Å². The summed E-state index contributed by atoms with van der Waals surface area (Å²) in [6, 6.07) is 4.51. The van der Waals surface area contributed by atoms with Gasteiger partial charge in [-0.1, -0.05) is 0 Å². The largest absolute Gasteiger partial charge is 0.481 e. The number of ketones is 1. The molecule has 0 aromatic heterocycles. The predicted molar refractivity (Wildman–Crippen MR) is 90.7 cm³/mol. The van der Waals surface area contributed by atoms with Crippen LogP contribution in [-0.2, 0) is 19.2 Å². The summed E-state index contributed by atoms with van der Waals surface area (Å²) in [5.74, 6) is -4.52. The van der Waals surface area contributed by atoms with Crippen molar-refractivity contribution in [3.8, 4) is 0 Å². The number of anilines is 1. The van der Waals surface area contributed by atoms with Crippen molar-refractivity contribution in [1.82, 2.24) is 5.32 Å². The van der Waals surface area contributed by atoms with Gasteiger partial charge in [0.2, 0.25) is 5.91 Å². The van der Waals surface area contributed by atoms with E-state index in [1.165, 1.54) is 38.1 Å². The minimum absolute atomic E-state index is 0.0161. The SMILES string of the molecule is CC(=O)c1ccc(NC(=O)/C(C)=C\C(=O)NC(CC(=O)O)C(=O)O)cc1. The van der Waals surface area contributed by atoms with Crippen molar-refractivity contribution < 1.29 is 34.2 Å². The molecule has 0 aliphatic carbocycles. The quantitative estimate of drug-likeness (QED) is 0.395. The van der Waals surface area contributed by atoms with E-state index in [1.807, 2.05) is 5.32 Å². The first kappa shape index (κ1) is 20.6. The van der Waals surface area contributed by atoms with Gasteiger partial charge in [0.05, 0.1) is 6.42 Å². The highest BCUT2D eigenvalue weighted by molar-refractivity contribution is 6.07. The summed E-state index contributed by atoms with van der Waals surface area (Å²) in [7, 11) is 0. The molecular formula is C17H18N2O7. The Balaban J connectivity index is 2.73. The Morgan fingerprint density at radius 2 is 1.62 bits per heavy atom. The lowest BCUT2D eigenvalue weighted by atomic mass is 10.1. The van der Waals surface area contributed by atoms with Crippen molar-refractivity contribution in [1.29, 1.82) is 0 Å². The topological polar surface area (TPSA) is 150 Å². The van der Waals surface area contributed by atoms with Gasteiger partial charge in [0.1, 0.15) is 6.04 Å². The fourth-order valence-corrected chi connectivity index (χ4v) is 1.87. The Hall–Kier alpha value is -3.49.